The molecule has 15 nitrogen and oxygen atoms in total. The minimum atomic E-state index is -1.00. The van der Waals surface area contributed by atoms with E-state index in [9.17, 15) is 28.8 Å². The number of anilines is 1. The summed E-state index contributed by atoms with van der Waals surface area (Å²) in [5.74, 6) is 3.28. The van der Waals surface area contributed by atoms with Gasteiger partial charge in [0, 0.05) is 54.9 Å². The molecule has 1 atom stereocenters. The number of aliphatic imine (C=N–C) groups is 1. The monoisotopic (exact) mass is 740 g/mol. The van der Waals surface area contributed by atoms with Gasteiger partial charge in [-0.3, -0.25) is 49.2 Å². The minimum Gasteiger partial charge on any atom is -0.385 e. The number of nitrogens with two attached hydrogens (primary N) is 1. The molecule has 0 aliphatic carbocycles. The summed E-state index contributed by atoms with van der Waals surface area (Å²) < 4.78 is 0. The topological polar surface area (TPSA) is 216 Å². The number of nitrogens with one attached hydrogen (secondary N) is 3. The van der Waals surface area contributed by atoms with Gasteiger partial charge in [0.05, 0.1) is 28.7 Å². The summed E-state index contributed by atoms with van der Waals surface area (Å²) >= 11 is 1.52. The third-order valence-electron chi connectivity index (χ3n) is 8.73. The third kappa shape index (κ3) is 9.93. The molecule has 3 aromatic carbocycles. The molecule has 276 valence electrons. The van der Waals surface area contributed by atoms with Gasteiger partial charge in [-0.25, -0.2) is 5.48 Å². The van der Waals surface area contributed by atoms with E-state index in [-0.39, 0.29) is 35.4 Å². The molecule has 0 saturated carbocycles. The average Bonchev–Trinajstić information content (AvgIpc) is 3.41. The van der Waals surface area contributed by atoms with Crippen LogP contribution in [0.4, 0.5) is 11.4 Å². The average molecular weight is 741 g/mol. The number of hydrazone groups is 1. The van der Waals surface area contributed by atoms with Crippen molar-refractivity contribution in [3.05, 3.63) is 89.0 Å². The Morgan fingerprint density at radius 3 is 2.53 bits per heavy atom. The maximum Gasteiger partial charge on any atom is 0.274 e. The number of carbonyl (C=O) groups is 6. The van der Waals surface area contributed by atoms with Gasteiger partial charge in [-0.05, 0) is 73.4 Å². The molecule has 2 aliphatic heterocycles. The predicted molar refractivity (Wildman–Crippen MR) is 199 cm³/mol. The summed E-state index contributed by atoms with van der Waals surface area (Å²) in [6, 6.07) is 18.2. The molecule has 1 fully saturated rings. The van der Waals surface area contributed by atoms with Crippen LogP contribution in [0.3, 0.4) is 0 Å². The number of imide groups is 2. The molecule has 3 aromatic rings. The van der Waals surface area contributed by atoms with Gasteiger partial charge in [0.15, 0.2) is 0 Å². The van der Waals surface area contributed by atoms with Crippen molar-refractivity contribution >= 4 is 70.5 Å². The zero-order valence-corrected chi connectivity index (χ0v) is 29.9. The van der Waals surface area contributed by atoms with E-state index in [2.05, 4.69) is 20.7 Å². The smallest absolute Gasteiger partial charge is 0.274 e. The minimum absolute atomic E-state index is 0.0457. The number of hydrogen-bond acceptors (Lipinski definition) is 12. The van der Waals surface area contributed by atoms with Crippen LogP contribution in [0.1, 0.15) is 75.2 Å². The Hall–Kier alpha value is -5.87. The van der Waals surface area contributed by atoms with Crippen molar-refractivity contribution in [2.75, 3.05) is 24.7 Å². The number of nitrogens with zero attached hydrogens (tertiary/aromatic N) is 4. The van der Waals surface area contributed by atoms with Gasteiger partial charge in [0.25, 0.3) is 17.7 Å². The first-order valence-corrected chi connectivity index (χ1v) is 18.0. The number of carbonyl (C=O) groups excluding carboxylic acids is 6. The summed E-state index contributed by atoms with van der Waals surface area (Å²) in [4.78, 5) is 82.1. The van der Waals surface area contributed by atoms with E-state index in [0.29, 0.717) is 42.3 Å². The first-order chi connectivity index (χ1) is 25.6. The van der Waals surface area contributed by atoms with Crippen LogP contribution >= 0.6 is 11.8 Å². The molecule has 2 heterocycles. The lowest BCUT2D eigenvalue weighted by atomic mass is 10.0. The molecular weight excluding hydrogens is 701 g/mol. The van der Waals surface area contributed by atoms with Gasteiger partial charge in [0.2, 0.25) is 17.7 Å². The Labute approximate surface area is 310 Å². The number of unbranched alkanes of at least 4 members (excludes halogenated alkanes) is 2. The number of piperidine rings is 1. The van der Waals surface area contributed by atoms with E-state index in [1.165, 1.54) is 24.0 Å². The fraction of sp³-hybridized carbons (Fsp3) is 0.297. The lowest BCUT2D eigenvalue weighted by molar-refractivity contribution is -0.136. The zero-order valence-electron chi connectivity index (χ0n) is 29.0. The van der Waals surface area contributed by atoms with Crippen LogP contribution in [0.15, 0.2) is 81.7 Å². The zero-order chi connectivity index (χ0) is 37.9. The third-order valence-corrected chi connectivity index (χ3v) is 9.78. The number of benzene rings is 3. The first-order valence-electron chi connectivity index (χ1n) is 17.0. The van der Waals surface area contributed by atoms with E-state index >= 15 is 0 Å². The van der Waals surface area contributed by atoms with E-state index in [1.807, 2.05) is 24.3 Å². The Balaban J connectivity index is 0.990. The van der Waals surface area contributed by atoms with Crippen molar-refractivity contribution in [3.8, 4) is 0 Å². The Bertz CT molecular complexity index is 1950. The highest BCUT2D eigenvalue weighted by atomic mass is 32.2. The molecule has 0 radical (unpaired) electrons. The van der Waals surface area contributed by atoms with Crippen LogP contribution in [0.5, 0.6) is 0 Å². The lowest BCUT2D eigenvalue weighted by Gasteiger charge is -2.27. The molecule has 1 saturated heterocycles. The van der Waals surface area contributed by atoms with Crippen molar-refractivity contribution < 1.29 is 34.0 Å². The lowest BCUT2D eigenvalue weighted by Crippen LogP contribution is -2.54. The summed E-state index contributed by atoms with van der Waals surface area (Å²) in [5, 5.41) is 18.1. The number of thioether (sulfide) groups is 1. The molecule has 0 spiro atoms. The Kier molecular flexibility index (Phi) is 13.1. The maximum atomic E-state index is 13.0. The van der Waals surface area contributed by atoms with Gasteiger partial charge in [-0.2, -0.15) is 5.10 Å². The maximum absolute atomic E-state index is 13.0. The summed E-state index contributed by atoms with van der Waals surface area (Å²) in [7, 11) is 1.78. The van der Waals surface area contributed by atoms with Gasteiger partial charge in [-0.15, -0.1) is 11.8 Å². The molecule has 16 heteroatoms. The van der Waals surface area contributed by atoms with Crippen molar-refractivity contribution in [2.45, 2.75) is 56.0 Å². The van der Waals surface area contributed by atoms with Gasteiger partial charge < -0.3 is 16.1 Å². The van der Waals surface area contributed by atoms with Crippen molar-refractivity contribution in [1.82, 2.24) is 20.6 Å². The first kappa shape index (κ1) is 38.4. The highest BCUT2D eigenvalue weighted by Crippen LogP contribution is 2.29. The molecule has 0 aromatic heterocycles. The largest absolute Gasteiger partial charge is 0.385 e. The van der Waals surface area contributed by atoms with Crippen molar-refractivity contribution in [3.63, 3.8) is 0 Å². The normalized spacial score (nSPS) is 15.8. The predicted octanol–water partition coefficient (Wildman–Crippen LogP) is 3.65. The number of amides is 6. The fourth-order valence-corrected chi connectivity index (χ4v) is 6.63. The second-order valence-electron chi connectivity index (χ2n) is 12.5. The highest BCUT2D eigenvalue weighted by molar-refractivity contribution is 8.00. The van der Waals surface area contributed by atoms with Gasteiger partial charge in [-0.1, -0.05) is 24.6 Å². The number of hydroxylamine groups is 1. The van der Waals surface area contributed by atoms with E-state index in [0.717, 1.165) is 34.6 Å². The molecule has 53 heavy (non-hydrogen) atoms. The SMILES string of the molecule is CN(Cc1ccc(SC/C(C=Nc2cccc(C(=O)NO)c2)=N/N)cc1)C(=O)CCCCCNc1ccc2c(c1)C(=O)N(C1CCC(=O)NC1=O)C2=O. The number of rotatable bonds is 16. The van der Waals surface area contributed by atoms with E-state index < -0.39 is 35.6 Å². The van der Waals surface area contributed by atoms with Crippen LogP contribution < -0.4 is 22.0 Å². The summed E-state index contributed by atoms with van der Waals surface area (Å²) in [5.41, 5.74) is 5.02. The van der Waals surface area contributed by atoms with Gasteiger partial charge in [0.1, 0.15) is 6.04 Å². The van der Waals surface area contributed by atoms with Crippen molar-refractivity contribution in [1.29, 1.82) is 0 Å². The Morgan fingerprint density at radius 2 is 1.79 bits per heavy atom. The van der Waals surface area contributed by atoms with E-state index in [1.54, 1.807) is 53.8 Å². The standard InChI is InChI=1S/C37H40N8O7S/c1-44(21-23-9-12-28(13-10-23)53-22-27(42-38)20-40-25-7-5-6-24(18-25)34(48)43-52)33(47)8-3-2-4-17-39-26-11-14-29-30(19-26)37(51)45(36(29)50)31-15-16-32(46)41-35(31)49/h5-7,9-14,18-20,31,39,52H,2-4,8,15-17,21-22,38H2,1H3,(H,43,48)(H,41,46,49)/b40-20?,42-27+. The van der Waals surface area contributed by atoms with Crippen LogP contribution in [0.2, 0.25) is 0 Å². The highest BCUT2D eigenvalue weighted by Gasteiger charge is 2.44. The number of fused-ring (bicyclic) bond motifs is 1. The molecule has 6 N–H and O–H groups in total. The summed E-state index contributed by atoms with van der Waals surface area (Å²) in [6.45, 7) is 1.08. The van der Waals surface area contributed by atoms with Gasteiger partial charge >= 0.3 is 0 Å². The van der Waals surface area contributed by atoms with Crippen LogP contribution in [-0.2, 0) is 20.9 Å². The molecule has 5 rings (SSSR count). The second kappa shape index (κ2) is 18.1. The number of hydrogen-bond donors (Lipinski definition) is 5. The Morgan fingerprint density at radius 1 is 1.02 bits per heavy atom. The second-order valence-corrected chi connectivity index (χ2v) is 13.5. The fourth-order valence-electron chi connectivity index (χ4n) is 5.84. The molecule has 6 amide bonds. The quantitative estimate of drug-likeness (QED) is 0.0273. The van der Waals surface area contributed by atoms with Crippen LogP contribution in [0.25, 0.3) is 0 Å². The summed E-state index contributed by atoms with van der Waals surface area (Å²) in [6.07, 6.45) is 4.44. The molecule has 0 bridgehead atoms. The van der Waals surface area contributed by atoms with Crippen LogP contribution in [0, 0.1) is 0 Å². The molecular formula is C37H40N8O7S. The molecule has 2 aliphatic rings. The van der Waals surface area contributed by atoms with Crippen LogP contribution in [-0.4, -0.2) is 87.8 Å². The van der Waals surface area contributed by atoms with E-state index in [4.69, 9.17) is 11.0 Å². The molecule has 1 unspecified atom stereocenters. The van der Waals surface area contributed by atoms with Crippen molar-refractivity contribution in [2.24, 2.45) is 15.9 Å².